The Labute approximate surface area is 148 Å². The standard InChI is InChI=1S/C20H24N2O3/c1-12-10-16(13(2)25-12)18(23)21-15-7-6-14-8-9-22(17(14)11-15)19(24)20(3,4)5/h6-7,10-11H,8-9H2,1-5H3,(H,21,23). The zero-order valence-corrected chi connectivity index (χ0v) is 15.4. The number of benzene rings is 1. The van der Waals surface area contributed by atoms with Gasteiger partial charge in [-0.2, -0.15) is 0 Å². The Morgan fingerprint density at radius 3 is 2.48 bits per heavy atom. The van der Waals surface area contributed by atoms with Gasteiger partial charge in [0.05, 0.1) is 5.56 Å². The van der Waals surface area contributed by atoms with E-state index in [2.05, 4.69) is 5.32 Å². The van der Waals surface area contributed by atoms with Crippen LogP contribution in [0.1, 0.15) is 48.2 Å². The molecule has 2 aromatic rings. The van der Waals surface area contributed by atoms with Gasteiger partial charge in [0, 0.05) is 23.3 Å². The molecule has 1 aliphatic heterocycles. The summed E-state index contributed by atoms with van der Waals surface area (Å²) >= 11 is 0. The number of rotatable bonds is 2. The zero-order chi connectivity index (χ0) is 18.4. The van der Waals surface area contributed by atoms with Gasteiger partial charge in [0.2, 0.25) is 5.91 Å². The summed E-state index contributed by atoms with van der Waals surface area (Å²) in [5.41, 5.74) is 2.78. The van der Waals surface area contributed by atoms with Gasteiger partial charge in [0.15, 0.2) is 0 Å². The summed E-state index contributed by atoms with van der Waals surface area (Å²) in [6.45, 7) is 10.0. The van der Waals surface area contributed by atoms with Crippen LogP contribution < -0.4 is 10.2 Å². The summed E-state index contributed by atoms with van der Waals surface area (Å²) in [6.07, 6.45) is 0.839. The Hall–Kier alpha value is -2.56. The van der Waals surface area contributed by atoms with Crippen LogP contribution in [0.5, 0.6) is 0 Å². The van der Waals surface area contributed by atoms with E-state index in [1.165, 1.54) is 0 Å². The number of hydrogen-bond acceptors (Lipinski definition) is 3. The van der Waals surface area contributed by atoms with Crippen molar-refractivity contribution < 1.29 is 14.0 Å². The van der Waals surface area contributed by atoms with Crippen LogP contribution >= 0.6 is 0 Å². The van der Waals surface area contributed by atoms with Crippen LogP contribution in [-0.4, -0.2) is 18.4 Å². The summed E-state index contributed by atoms with van der Waals surface area (Å²) < 4.78 is 5.42. The van der Waals surface area contributed by atoms with Gasteiger partial charge in [-0.3, -0.25) is 9.59 Å². The lowest BCUT2D eigenvalue weighted by Crippen LogP contribution is -2.38. The van der Waals surface area contributed by atoms with Crippen molar-refractivity contribution in [2.45, 2.75) is 41.0 Å². The first kappa shape index (κ1) is 17.3. The molecule has 0 radical (unpaired) electrons. The van der Waals surface area contributed by atoms with E-state index in [1.807, 2.05) is 50.8 Å². The number of carbonyl (C=O) groups is 2. The van der Waals surface area contributed by atoms with Gasteiger partial charge in [-0.25, -0.2) is 0 Å². The van der Waals surface area contributed by atoms with Crippen LogP contribution in [0.25, 0.3) is 0 Å². The molecule has 0 spiro atoms. The fourth-order valence-corrected chi connectivity index (χ4v) is 3.13. The number of anilines is 2. The second-order valence-corrected chi connectivity index (χ2v) is 7.58. The van der Waals surface area contributed by atoms with Gasteiger partial charge in [0.1, 0.15) is 11.5 Å². The van der Waals surface area contributed by atoms with E-state index >= 15 is 0 Å². The number of hydrogen-bond donors (Lipinski definition) is 1. The van der Waals surface area contributed by atoms with E-state index in [0.717, 1.165) is 17.7 Å². The largest absolute Gasteiger partial charge is 0.466 e. The fourth-order valence-electron chi connectivity index (χ4n) is 3.13. The lowest BCUT2D eigenvalue weighted by Gasteiger charge is -2.26. The van der Waals surface area contributed by atoms with Crippen LogP contribution in [-0.2, 0) is 11.2 Å². The molecule has 0 atom stereocenters. The third-order valence-corrected chi connectivity index (χ3v) is 4.41. The molecule has 0 aliphatic carbocycles. The normalized spacial score (nSPS) is 13.7. The van der Waals surface area contributed by atoms with E-state index in [1.54, 1.807) is 13.0 Å². The van der Waals surface area contributed by atoms with Gasteiger partial charge in [-0.1, -0.05) is 26.8 Å². The Bertz CT molecular complexity index is 843. The van der Waals surface area contributed by atoms with Gasteiger partial charge < -0.3 is 14.6 Å². The summed E-state index contributed by atoms with van der Waals surface area (Å²) in [4.78, 5) is 26.9. The quantitative estimate of drug-likeness (QED) is 0.896. The second-order valence-electron chi connectivity index (χ2n) is 7.58. The molecule has 5 heteroatoms. The number of amides is 2. The predicted octanol–water partition coefficient (Wildman–Crippen LogP) is 4.08. The van der Waals surface area contributed by atoms with Crippen LogP contribution in [0, 0.1) is 19.3 Å². The average Bonchev–Trinajstić information content (AvgIpc) is 3.08. The maximum atomic E-state index is 12.7. The molecule has 1 aliphatic rings. The first-order valence-corrected chi connectivity index (χ1v) is 8.50. The molecule has 0 unspecified atom stereocenters. The van der Waals surface area contributed by atoms with Crippen molar-refractivity contribution in [1.29, 1.82) is 0 Å². The molecular formula is C20H24N2O3. The fraction of sp³-hybridized carbons (Fsp3) is 0.400. The number of aryl methyl sites for hydroxylation is 2. The number of nitrogens with zero attached hydrogens (tertiary/aromatic N) is 1. The van der Waals surface area contributed by atoms with Crippen LogP contribution in [0.4, 0.5) is 11.4 Å². The zero-order valence-electron chi connectivity index (χ0n) is 15.4. The van der Waals surface area contributed by atoms with Gasteiger partial charge in [-0.05, 0) is 44.0 Å². The van der Waals surface area contributed by atoms with E-state index in [0.29, 0.717) is 29.3 Å². The van der Waals surface area contributed by atoms with Crippen LogP contribution in [0.2, 0.25) is 0 Å². The van der Waals surface area contributed by atoms with Crippen LogP contribution in [0.3, 0.4) is 0 Å². The molecule has 0 fully saturated rings. The SMILES string of the molecule is Cc1cc(C(=O)Nc2ccc3c(c2)N(C(=O)C(C)(C)C)CC3)c(C)o1. The first-order chi connectivity index (χ1) is 11.7. The van der Waals surface area contributed by atoms with E-state index < -0.39 is 5.41 Å². The molecule has 132 valence electrons. The van der Waals surface area contributed by atoms with E-state index in [9.17, 15) is 9.59 Å². The molecule has 0 bridgehead atoms. The molecule has 1 N–H and O–H groups in total. The Balaban J connectivity index is 1.85. The molecule has 0 saturated carbocycles. The van der Waals surface area contributed by atoms with E-state index in [4.69, 9.17) is 4.42 Å². The Morgan fingerprint density at radius 2 is 1.88 bits per heavy atom. The molecule has 3 rings (SSSR count). The second kappa shape index (κ2) is 6.06. The highest BCUT2D eigenvalue weighted by Gasteiger charge is 2.32. The molecule has 0 saturated heterocycles. The van der Waals surface area contributed by atoms with Crippen molar-refractivity contribution in [3.8, 4) is 0 Å². The number of fused-ring (bicyclic) bond motifs is 1. The molecule has 2 heterocycles. The van der Waals surface area contributed by atoms with Gasteiger partial charge in [-0.15, -0.1) is 0 Å². The Kier molecular flexibility index (Phi) is 4.19. The van der Waals surface area contributed by atoms with E-state index in [-0.39, 0.29) is 11.8 Å². The van der Waals surface area contributed by atoms with Gasteiger partial charge in [0.25, 0.3) is 5.91 Å². The third-order valence-electron chi connectivity index (χ3n) is 4.41. The van der Waals surface area contributed by atoms with Crippen molar-refractivity contribution in [1.82, 2.24) is 0 Å². The van der Waals surface area contributed by atoms with Gasteiger partial charge >= 0.3 is 0 Å². The number of nitrogens with one attached hydrogen (secondary N) is 1. The minimum atomic E-state index is -0.438. The smallest absolute Gasteiger partial charge is 0.259 e. The molecule has 1 aromatic carbocycles. The van der Waals surface area contributed by atoms with Crippen LogP contribution in [0.15, 0.2) is 28.7 Å². The van der Waals surface area contributed by atoms with Crippen molar-refractivity contribution in [3.05, 3.63) is 46.9 Å². The average molecular weight is 340 g/mol. The summed E-state index contributed by atoms with van der Waals surface area (Å²) in [5, 5.41) is 2.90. The molecule has 2 amide bonds. The maximum Gasteiger partial charge on any atom is 0.259 e. The lowest BCUT2D eigenvalue weighted by molar-refractivity contribution is -0.125. The Morgan fingerprint density at radius 1 is 1.16 bits per heavy atom. The molecule has 1 aromatic heterocycles. The minimum absolute atomic E-state index is 0.0935. The molecule has 25 heavy (non-hydrogen) atoms. The highest BCUT2D eigenvalue weighted by Crippen LogP contribution is 2.34. The highest BCUT2D eigenvalue weighted by molar-refractivity contribution is 6.06. The lowest BCUT2D eigenvalue weighted by atomic mass is 9.94. The first-order valence-electron chi connectivity index (χ1n) is 8.50. The predicted molar refractivity (Wildman–Crippen MR) is 98.1 cm³/mol. The van der Waals surface area contributed by atoms with Crippen molar-refractivity contribution in [3.63, 3.8) is 0 Å². The van der Waals surface area contributed by atoms with Crippen molar-refractivity contribution in [2.24, 2.45) is 5.41 Å². The highest BCUT2D eigenvalue weighted by atomic mass is 16.3. The maximum absolute atomic E-state index is 12.7. The molecule has 5 nitrogen and oxygen atoms in total. The number of furan rings is 1. The molecular weight excluding hydrogens is 316 g/mol. The summed E-state index contributed by atoms with van der Waals surface area (Å²) in [7, 11) is 0. The topological polar surface area (TPSA) is 62.6 Å². The van der Waals surface area contributed by atoms with Crippen molar-refractivity contribution in [2.75, 3.05) is 16.8 Å². The van der Waals surface area contributed by atoms with Crippen molar-refractivity contribution >= 4 is 23.2 Å². The number of carbonyl (C=O) groups excluding carboxylic acids is 2. The minimum Gasteiger partial charge on any atom is -0.466 e. The monoisotopic (exact) mass is 340 g/mol. The summed E-state index contributed by atoms with van der Waals surface area (Å²) in [5.74, 6) is 1.19. The third kappa shape index (κ3) is 3.31. The summed E-state index contributed by atoms with van der Waals surface area (Å²) in [6, 6.07) is 7.47.